The van der Waals surface area contributed by atoms with E-state index in [-0.39, 0.29) is 11.8 Å². The van der Waals surface area contributed by atoms with Gasteiger partial charge in [0.2, 0.25) is 0 Å². The third-order valence-electron chi connectivity index (χ3n) is 4.40. The molecule has 1 unspecified atom stereocenters. The van der Waals surface area contributed by atoms with Crippen LogP contribution in [0.3, 0.4) is 0 Å². The molecule has 0 radical (unpaired) electrons. The molecule has 0 aromatic heterocycles. The molecule has 1 fully saturated rings. The van der Waals surface area contributed by atoms with Crippen LogP contribution in [0, 0.1) is 0 Å². The first kappa shape index (κ1) is 19.4. The van der Waals surface area contributed by atoms with E-state index in [2.05, 4.69) is 5.32 Å². The van der Waals surface area contributed by atoms with Crippen molar-refractivity contribution in [3.05, 3.63) is 64.7 Å². The lowest BCUT2D eigenvalue weighted by Crippen LogP contribution is -2.45. The van der Waals surface area contributed by atoms with Crippen LogP contribution in [0.25, 0.3) is 5.57 Å². The molecule has 6 heteroatoms. The number of nitrogens with one attached hydrogen (secondary N) is 1. The maximum Gasteiger partial charge on any atom is 0.175 e. The van der Waals surface area contributed by atoms with E-state index in [4.69, 9.17) is 25.8 Å². The Morgan fingerprint density at radius 3 is 2.44 bits per heavy atom. The molecule has 2 aromatic carbocycles. The summed E-state index contributed by atoms with van der Waals surface area (Å²) in [6, 6.07) is 12.6. The predicted molar refractivity (Wildman–Crippen MR) is 106 cm³/mol. The average Bonchev–Trinajstić information content (AvgIpc) is 2.72. The fraction of sp³-hybridized carbons (Fsp3) is 0.286. The summed E-state index contributed by atoms with van der Waals surface area (Å²) in [4.78, 5) is 12.8. The van der Waals surface area contributed by atoms with Gasteiger partial charge >= 0.3 is 0 Å². The van der Waals surface area contributed by atoms with Gasteiger partial charge in [-0.25, -0.2) is 0 Å². The Balaban J connectivity index is 2.03. The molecule has 1 aliphatic heterocycles. The number of halogens is 1. The fourth-order valence-corrected chi connectivity index (χ4v) is 3.08. The first-order chi connectivity index (χ1) is 13.1. The van der Waals surface area contributed by atoms with Gasteiger partial charge in [-0.3, -0.25) is 4.79 Å². The normalized spacial score (nSPS) is 17.4. The number of hydrogen-bond acceptors (Lipinski definition) is 5. The number of ether oxygens (including phenoxy) is 3. The summed E-state index contributed by atoms with van der Waals surface area (Å²) < 4.78 is 16.1. The van der Waals surface area contributed by atoms with Crippen molar-refractivity contribution in [1.29, 1.82) is 0 Å². The SMILES string of the molecule is COc1ccc(/C(=C\C(=O)C2COCCN2)c2ccc(Cl)cc2)cc1OC. The zero-order chi connectivity index (χ0) is 19.2. The number of morpholine rings is 1. The van der Waals surface area contributed by atoms with Crippen LogP contribution in [-0.4, -0.2) is 45.8 Å². The van der Waals surface area contributed by atoms with E-state index >= 15 is 0 Å². The van der Waals surface area contributed by atoms with Gasteiger partial charge in [0.1, 0.15) is 0 Å². The minimum Gasteiger partial charge on any atom is -0.493 e. The smallest absolute Gasteiger partial charge is 0.175 e. The topological polar surface area (TPSA) is 56.8 Å². The number of methoxy groups -OCH3 is 2. The molecule has 1 heterocycles. The van der Waals surface area contributed by atoms with Crippen molar-refractivity contribution >= 4 is 23.0 Å². The number of benzene rings is 2. The van der Waals surface area contributed by atoms with Gasteiger partial charge in [-0.1, -0.05) is 29.8 Å². The predicted octanol–water partition coefficient (Wildman–Crippen LogP) is 3.35. The van der Waals surface area contributed by atoms with Crippen LogP contribution in [0.2, 0.25) is 5.02 Å². The summed E-state index contributed by atoms with van der Waals surface area (Å²) in [6.07, 6.45) is 1.65. The lowest BCUT2D eigenvalue weighted by molar-refractivity contribution is -0.119. The Hall–Kier alpha value is -2.34. The number of carbonyl (C=O) groups is 1. The second-order valence-electron chi connectivity index (χ2n) is 6.12. The number of ketones is 1. The maximum atomic E-state index is 12.8. The minimum atomic E-state index is -0.346. The van der Waals surface area contributed by atoms with Crippen LogP contribution in [0.5, 0.6) is 11.5 Å². The molecular formula is C21H22ClNO4. The Morgan fingerprint density at radius 1 is 1.11 bits per heavy atom. The highest BCUT2D eigenvalue weighted by Gasteiger charge is 2.21. The number of rotatable bonds is 6. The second kappa shape index (κ2) is 9.04. The van der Waals surface area contributed by atoms with E-state index in [9.17, 15) is 4.79 Å². The van der Waals surface area contributed by atoms with E-state index in [0.717, 1.165) is 16.7 Å². The third-order valence-corrected chi connectivity index (χ3v) is 4.65. The van der Waals surface area contributed by atoms with Crippen LogP contribution < -0.4 is 14.8 Å². The van der Waals surface area contributed by atoms with Crippen molar-refractivity contribution in [3.8, 4) is 11.5 Å². The highest BCUT2D eigenvalue weighted by atomic mass is 35.5. The Morgan fingerprint density at radius 2 is 1.81 bits per heavy atom. The molecular weight excluding hydrogens is 366 g/mol. The summed E-state index contributed by atoms with van der Waals surface area (Å²) in [5.74, 6) is 1.20. The molecule has 1 atom stereocenters. The van der Waals surface area contributed by atoms with Gasteiger partial charge in [-0.15, -0.1) is 0 Å². The van der Waals surface area contributed by atoms with Gasteiger partial charge in [0.15, 0.2) is 17.3 Å². The maximum absolute atomic E-state index is 12.8. The van der Waals surface area contributed by atoms with Gasteiger partial charge < -0.3 is 19.5 Å². The lowest BCUT2D eigenvalue weighted by Gasteiger charge is -2.22. The molecule has 2 aromatic rings. The van der Waals surface area contributed by atoms with Crippen molar-refractivity contribution in [2.75, 3.05) is 34.0 Å². The quantitative estimate of drug-likeness (QED) is 0.770. The molecule has 0 spiro atoms. The first-order valence-electron chi connectivity index (χ1n) is 8.67. The largest absolute Gasteiger partial charge is 0.493 e. The van der Waals surface area contributed by atoms with Gasteiger partial charge in [0.05, 0.1) is 33.5 Å². The van der Waals surface area contributed by atoms with Gasteiger partial charge in [0.25, 0.3) is 0 Å². The monoisotopic (exact) mass is 387 g/mol. The number of carbonyl (C=O) groups excluding carboxylic acids is 1. The van der Waals surface area contributed by atoms with Gasteiger partial charge in [-0.2, -0.15) is 0 Å². The molecule has 1 N–H and O–H groups in total. The van der Waals surface area contributed by atoms with E-state index in [0.29, 0.717) is 36.3 Å². The minimum absolute atomic E-state index is 0.0329. The molecule has 0 bridgehead atoms. The summed E-state index contributed by atoms with van der Waals surface area (Å²) >= 11 is 6.03. The zero-order valence-corrected chi connectivity index (χ0v) is 16.1. The van der Waals surface area contributed by atoms with Crippen LogP contribution in [0.4, 0.5) is 0 Å². The van der Waals surface area contributed by atoms with Crippen LogP contribution in [0.15, 0.2) is 48.5 Å². The van der Waals surface area contributed by atoms with Crippen molar-refractivity contribution in [2.24, 2.45) is 0 Å². The number of hydrogen-bond donors (Lipinski definition) is 1. The summed E-state index contributed by atoms with van der Waals surface area (Å²) in [6.45, 7) is 1.65. The Bertz CT molecular complexity index is 827. The van der Waals surface area contributed by atoms with E-state index in [1.165, 1.54) is 0 Å². The molecule has 0 saturated carbocycles. The molecule has 27 heavy (non-hydrogen) atoms. The summed E-state index contributed by atoms with van der Waals surface area (Å²) in [5, 5.41) is 3.83. The average molecular weight is 388 g/mol. The van der Waals surface area contributed by atoms with E-state index in [1.54, 1.807) is 32.4 Å². The van der Waals surface area contributed by atoms with Crippen LogP contribution in [0.1, 0.15) is 11.1 Å². The standard InChI is InChI=1S/C21H22ClNO4/c1-25-20-8-5-15(11-21(20)26-2)17(14-3-6-16(22)7-4-14)12-19(24)18-13-27-10-9-23-18/h3-8,11-12,18,23H,9-10,13H2,1-2H3/b17-12-. The van der Waals surface area contributed by atoms with Crippen molar-refractivity contribution in [1.82, 2.24) is 5.32 Å². The first-order valence-corrected chi connectivity index (χ1v) is 9.05. The molecule has 0 amide bonds. The second-order valence-corrected chi connectivity index (χ2v) is 6.56. The summed E-state index contributed by atoms with van der Waals surface area (Å²) in [5.41, 5.74) is 2.52. The Labute approximate surface area is 163 Å². The van der Waals surface area contributed by atoms with Gasteiger partial charge in [0, 0.05) is 11.6 Å². The Kier molecular flexibility index (Phi) is 6.50. The zero-order valence-electron chi connectivity index (χ0n) is 15.3. The van der Waals surface area contributed by atoms with Crippen molar-refractivity contribution < 1.29 is 19.0 Å². The van der Waals surface area contributed by atoms with Crippen LogP contribution >= 0.6 is 11.6 Å². The third kappa shape index (κ3) is 4.69. The van der Waals surface area contributed by atoms with Crippen LogP contribution in [-0.2, 0) is 9.53 Å². The van der Waals surface area contributed by atoms with E-state index in [1.807, 2.05) is 30.3 Å². The fourth-order valence-electron chi connectivity index (χ4n) is 2.96. The molecule has 1 aliphatic rings. The molecule has 142 valence electrons. The highest BCUT2D eigenvalue weighted by molar-refractivity contribution is 6.30. The molecule has 0 aliphatic carbocycles. The van der Waals surface area contributed by atoms with Crippen molar-refractivity contribution in [3.63, 3.8) is 0 Å². The summed E-state index contributed by atoms with van der Waals surface area (Å²) in [7, 11) is 3.17. The molecule has 1 saturated heterocycles. The lowest BCUT2D eigenvalue weighted by atomic mass is 9.95. The van der Waals surface area contributed by atoms with E-state index < -0.39 is 0 Å². The highest BCUT2D eigenvalue weighted by Crippen LogP contribution is 2.33. The molecule has 5 nitrogen and oxygen atoms in total. The van der Waals surface area contributed by atoms with Crippen molar-refractivity contribution in [2.45, 2.75) is 6.04 Å². The van der Waals surface area contributed by atoms with Gasteiger partial charge in [-0.05, 0) is 47.0 Å². The molecule has 3 rings (SSSR count).